The molecule has 7 heteroatoms. The fourth-order valence-electron chi connectivity index (χ4n) is 3.02. The van der Waals surface area contributed by atoms with Crippen LogP contribution in [0, 0.1) is 12.9 Å². The van der Waals surface area contributed by atoms with E-state index in [0.717, 1.165) is 27.1 Å². The van der Waals surface area contributed by atoms with Crippen LogP contribution >= 0.6 is 0 Å². The predicted molar refractivity (Wildman–Crippen MR) is 112 cm³/mol. The molecule has 3 aromatic rings. The summed E-state index contributed by atoms with van der Waals surface area (Å²) in [5.41, 5.74) is 4.34. The number of oxime groups is 1. The van der Waals surface area contributed by atoms with Crippen LogP contribution in [-0.2, 0) is 11.9 Å². The van der Waals surface area contributed by atoms with Crippen LogP contribution < -0.4 is 5.32 Å². The summed E-state index contributed by atoms with van der Waals surface area (Å²) < 4.78 is 15.3. The van der Waals surface area contributed by atoms with Gasteiger partial charge in [0.2, 0.25) is 5.95 Å². The van der Waals surface area contributed by atoms with Crippen LogP contribution in [0.3, 0.4) is 0 Å². The number of aryl methyl sites for hydroxylation is 2. The summed E-state index contributed by atoms with van der Waals surface area (Å²) in [6, 6.07) is 15.2. The van der Waals surface area contributed by atoms with Crippen molar-refractivity contribution < 1.29 is 14.0 Å². The van der Waals surface area contributed by atoms with Gasteiger partial charge in [-0.15, -0.1) is 0 Å². The second kappa shape index (κ2) is 8.68. The monoisotopic (exact) mass is 394 g/mol. The highest BCUT2D eigenvalue weighted by atomic mass is 19.1. The van der Waals surface area contributed by atoms with Crippen molar-refractivity contribution in [2.45, 2.75) is 20.8 Å². The molecule has 1 aromatic heterocycles. The van der Waals surface area contributed by atoms with Gasteiger partial charge in [0.1, 0.15) is 12.2 Å². The molecule has 0 aliphatic heterocycles. The Labute approximate surface area is 169 Å². The number of para-hydroxylation sites is 1. The van der Waals surface area contributed by atoms with E-state index in [-0.39, 0.29) is 5.56 Å². The zero-order valence-electron chi connectivity index (χ0n) is 16.9. The van der Waals surface area contributed by atoms with Crippen molar-refractivity contribution in [3.63, 3.8) is 0 Å². The third-order valence-corrected chi connectivity index (χ3v) is 4.50. The highest BCUT2D eigenvalue weighted by Crippen LogP contribution is 2.29. The first-order valence-electron chi connectivity index (χ1n) is 9.29. The first-order valence-corrected chi connectivity index (χ1v) is 9.29. The van der Waals surface area contributed by atoms with Crippen LogP contribution in [0.15, 0.2) is 53.7 Å². The van der Waals surface area contributed by atoms with E-state index in [1.54, 1.807) is 13.0 Å². The first-order chi connectivity index (χ1) is 13.9. The van der Waals surface area contributed by atoms with Crippen LogP contribution in [0.25, 0.3) is 11.1 Å². The number of halogens is 1. The Morgan fingerprint density at radius 1 is 1.21 bits per heavy atom. The van der Waals surface area contributed by atoms with Gasteiger partial charge < -0.3 is 10.2 Å². The van der Waals surface area contributed by atoms with Crippen LogP contribution in [0.2, 0.25) is 0 Å². The number of hydrogen-bond acceptors (Lipinski definition) is 4. The number of nitrogens with zero attached hydrogens (tertiary/aromatic N) is 3. The maximum absolute atomic E-state index is 14.2. The van der Waals surface area contributed by atoms with Gasteiger partial charge in [-0.2, -0.15) is 9.49 Å². The largest absolute Gasteiger partial charge is 0.396 e. The molecule has 0 saturated heterocycles. The fourth-order valence-corrected chi connectivity index (χ4v) is 3.02. The molecule has 0 bridgehead atoms. The molecular weight excluding hydrogens is 371 g/mol. The number of benzene rings is 2. The smallest absolute Gasteiger partial charge is 0.262 e. The third-order valence-electron chi connectivity index (χ3n) is 4.50. The molecule has 0 spiro atoms. The van der Waals surface area contributed by atoms with E-state index in [9.17, 15) is 9.18 Å². The minimum absolute atomic E-state index is 0.0552. The molecule has 0 aliphatic carbocycles. The van der Waals surface area contributed by atoms with Crippen LogP contribution in [0.1, 0.15) is 35.5 Å². The number of hydrogen-bond donors (Lipinski definition) is 1. The lowest BCUT2D eigenvalue weighted by Gasteiger charge is -2.12. The van der Waals surface area contributed by atoms with Gasteiger partial charge in [-0.05, 0) is 38.0 Å². The lowest BCUT2D eigenvalue weighted by molar-refractivity contribution is 0.102. The van der Waals surface area contributed by atoms with E-state index in [2.05, 4.69) is 15.6 Å². The molecule has 29 heavy (non-hydrogen) atoms. The molecular formula is C22H23FN4O2. The van der Waals surface area contributed by atoms with Gasteiger partial charge in [0.15, 0.2) is 0 Å². The summed E-state index contributed by atoms with van der Waals surface area (Å²) in [5.74, 6) is -1.19. The van der Waals surface area contributed by atoms with Crippen molar-refractivity contribution in [1.82, 2.24) is 9.78 Å². The standard InChI is InChI=1S/C22H23FN4O2/c1-5-29-26-14(2)16-10-12-17(13-11-16)18-8-6-7-9-19(18)24-22(28)20-15(3)25-27(4)21(20)23/h6-13H,5H2,1-4H3,(H,24,28). The van der Waals surface area contributed by atoms with Gasteiger partial charge >= 0.3 is 0 Å². The zero-order valence-corrected chi connectivity index (χ0v) is 16.9. The average molecular weight is 394 g/mol. The predicted octanol–water partition coefficient (Wildman–Crippen LogP) is 4.55. The summed E-state index contributed by atoms with van der Waals surface area (Å²) >= 11 is 0. The van der Waals surface area contributed by atoms with E-state index in [0.29, 0.717) is 18.0 Å². The molecule has 3 rings (SSSR count). The molecule has 1 N–H and O–H groups in total. The Kier molecular flexibility index (Phi) is 6.07. The quantitative estimate of drug-likeness (QED) is 0.493. The van der Waals surface area contributed by atoms with E-state index < -0.39 is 11.9 Å². The molecule has 6 nitrogen and oxygen atoms in total. The molecule has 0 atom stereocenters. The van der Waals surface area contributed by atoms with Crippen molar-refractivity contribution in [3.05, 3.63) is 71.3 Å². The SMILES string of the molecule is CCON=C(C)c1ccc(-c2ccccc2NC(=O)c2c(C)nn(C)c2F)cc1. The van der Waals surface area contributed by atoms with Crippen molar-refractivity contribution in [3.8, 4) is 11.1 Å². The Balaban J connectivity index is 1.88. The second-order valence-corrected chi connectivity index (χ2v) is 6.55. The molecule has 0 unspecified atom stereocenters. The number of rotatable bonds is 6. The number of anilines is 1. The summed E-state index contributed by atoms with van der Waals surface area (Å²) in [4.78, 5) is 17.8. The minimum Gasteiger partial charge on any atom is -0.396 e. The van der Waals surface area contributed by atoms with Crippen LogP contribution in [0.5, 0.6) is 0 Å². The average Bonchev–Trinajstić information content (AvgIpc) is 2.98. The van der Waals surface area contributed by atoms with Gasteiger partial charge in [-0.25, -0.2) is 4.68 Å². The number of aromatic nitrogens is 2. The molecule has 1 heterocycles. The molecule has 1 amide bonds. The Hall–Kier alpha value is -3.48. The van der Waals surface area contributed by atoms with E-state index >= 15 is 0 Å². The van der Waals surface area contributed by atoms with Crippen molar-refractivity contribution in [1.29, 1.82) is 0 Å². The van der Waals surface area contributed by atoms with E-state index in [1.807, 2.05) is 56.3 Å². The van der Waals surface area contributed by atoms with Crippen molar-refractivity contribution >= 4 is 17.3 Å². The normalized spacial score (nSPS) is 11.4. The van der Waals surface area contributed by atoms with Gasteiger partial charge in [0, 0.05) is 18.3 Å². The van der Waals surface area contributed by atoms with Gasteiger partial charge in [0.05, 0.1) is 11.4 Å². The summed E-state index contributed by atoms with van der Waals surface area (Å²) in [7, 11) is 1.46. The molecule has 0 radical (unpaired) electrons. The number of amides is 1. The molecule has 0 aliphatic rings. The van der Waals surface area contributed by atoms with Gasteiger partial charge in [-0.1, -0.05) is 47.6 Å². The molecule has 2 aromatic carbocycles. The highest BCUT2D eigenvalue weighted by Gasteiger charge is 2.21. The topological polar surface area (TPSA) is 68.5 Å². The maximum Gasteiger partial charge on any atom is 0.262 e. The van der Waals surface area contributed by atoms with Crippen LogP contribution in [-0.4, -0.2) is 28.0 Å². The van der Waals surface area contributed by atoms with Gasteiger partial charge in [-0.3, -0.25) is 4.79 Å². The van der Waals surface area contributed by atoms with E-state index in [4.69, 9.17) is 4.84 Å². The summed E-state index contributed by atoms with van der Waals surface area (Å²) in [6.45, 7) is 5.88. The van der Waals surface area contributed by atoms with E-state index in [1.165, 1.54) is 7.05 Å². The molecule has 0 fully saturated rings. The van der Waals surface area contributed by atoms with Crippen molar-refractivity contribution in [2.24, 2.45) is 12.2 Å². The molecule has 0 saturated carbocycles. The minimum atomic E-state index is -0.661. The Morgan fingerprint density at radius 2 is 1.90 bits per heavy atom. The van der Waals surface area contributed by atoms with Crippen molar-refractivity contribution in [2.75, 3.05) is 11.9 Å². The van der Waals surface area contributed by atoms with Crippen LogP contribution in [0.4, 0.5) is 10.1 Å². The number of carbonyl (C=O) groups is 1. The molecule has 150 valence electrons. The summed E-state index contributed by atoms with van der Waals surface area (Å²) in [6.07, 6.45) is 0. The fraction of sp³-hybridized carbons (Fsp3) is 0.227. The lowest BCUT2D eigenvalue weighted by Crippen LogP contribution is -2.15. The first kappa shape index (κ1) is 20.3. The van der Waals surface area contributed by atoms with Gasteiger partial charge in [0.25, 0.3) is 5.91 Å². The zero-order chi connectivity index (χ0) is 21.0. The number of nitrogens with one attached hydrogen (secondary N) is 1. The third kappa shape index (κ3) is 4.34. The Morgan fingerprint density at radius 3 is 2.52 bits per heavy atom. The Bertz CT molecular complexity index is 1060. The maximum atomic E-state index is 14.2. The summed E-state index contributed by atoms with van der Waals surface area (Å²) in [5, 5.41) is 10.8. The second-order valence-electron chi connectivity index (χ2n) is 6.55. The number of carbonyl (C=O) groups excluding carboxylic acids is 1. The lowest BCUT2D eigenvalue weighted by atomic mass is 10.0. The highest BCUT2D eigenvalue weighted by molar-refractivity contribution is 6.07.